The molecular weight excluding hydrogens is 249 g/mol. The van der Waals surface area contributed by atoms with Crippen molar-refractivity contribution < 1.29 is 9.18 Å². The Bertz CT molecular complexity index is 555. The first-order chi connectivity index (χ1) is 9.22. The molecule has 2 rings (SSSR count). The number of nitrogen functional groups attached to an aromatic ring is 1. The number of nitrogens with one attached hydrogen (secondary N) is 2. The first-order valence-electron chi connectivity index (χ1n) is 5.73. The van der Waals surface area contributed by atoms with Crippen molar-refractivity contribution in [2.45, 2.75) is 6.54 Å². The molecule has 2 aromatic rings. The van der Waals surface area contributed by atoms with Crippen LogP contribution in [0, 0.1) is 5.82 Å². The molecule has 0 aliphatic rings. The molecule has 0 atom stereocenters. The topological polar surface area (TPSA) is 85.0 Å². The van der Waals surface area contributed by atoms with Gasteiger partial charge in [0.05, 0.1) is 17.8 Å². The lowest BCUT2D eigenvalue weighted by molar-refractivity contribution is 0.0952. The largest absolute Gasteiger partial charge is 0.350 e. The predicted molar refractivity (Wildman–Crippen MR) is 68.8 cm³/mol. The van der Waals surface area contributed by atoms with Crippen molar-refractivity contribution in [2.75, 3.05) is 12.0 Å². The Balaban J connectivity index is 1.98. The van der Waals surface area contributed by atoms with E-state index < -0.39 is 5.82 Å². The quantitative estimate of drug-likeness (QED) is 0.548. The first kappa shape index (κ1) is 13.0. The van der Waals surface area contributed by atoms with Gasteiger partial charge in [-0.05, 0) is 18.2 Å². The number of anilines is 1. The third-order valence-electron chi connectivity index (χ3n) is 2.59. The minimum Gasteiger partial charge on any atom is -0.350 e. The monoisotopic (exact) mass is 263 g/mol. The van der Waals surface area contributed by atoms with Crippen LogP contribution in [0.1, 0.15) is 10.4 Å². The standard InChI is InChI=1S/C12H14FN5O/c13-10-4-1-3-9(11(10)17-14)12(19)15-6-8-18-7-2-5-16-18/h1-5,7,17H,6,8,14H2,(H,15,19). The maximum atomic E-state index is 13.4. The number of carbonyl (C=O) groups is 1. The number of hydrogen-bond donors (Lipinski definition) is 3. The molecule has 0 radical (unpaired) electrons. The second-order valence-electron chi connectivity index (χ2n) is 3.83. The molecule has 1 aromatic carbocycles. The van der Waals surface area contributed by atoms with E-state index in [1.165, 1.54) is 18.2 Å². The van der Waals surface area contributed by atoms with Crippen LogP contribution in [0.3, 0.4) is 0 Å². The number of nitrogens with two attached hydrogens (primary N) is 1. The van der Waals surface area contributed by atoms with Crippen LogP contribution in [0.5, 0.6) is 0 Å². The van der Waals surface area contributed by atoms with Gasteiger partial charge in [0.1, 0.15) is 5.82 Å². The van der Waals surface area contributed by atoms with E-state index in [1.54, 1.807) is 23.1 Å². The third kappa shape index (κ3) is 3.08. The second kappa shape index (κ2) is 5.96. The summed E-state index contributed by atoms with van der Waals surface area (Å²) in [7, 11) is 0. The van der Waals surface area contributed by atoms with Gasteiger partial charge in [-0.15, -0.1) is 0 Å². The van der Waals surface area contributed by atoms with Crippen molar-refractivity contribution in [2.24, 2.45) is 5.84 Å². The average molecular weight is 263 g/mol. The Morgan fingerprint density at radius 2 is 2.26 bits per heavy atom. The van der Waals surface area contributed by atoms with Crippen LogP contribution < -0.4 is 16.6 Å². The zero-order chi connectivity index (χ0) is 13.7. The van der Waals surface area contributed by atoms with Crippen LogP contribution in [-0.4, -0.2) is 22.2 Å². The van der Waals surface area contributed by atoms with Crippen molar-refractivity contribution in [3.05, 3.63) is 48.0 Å². The summed E-state index contributed by atoms with van der Waals surface area (Å²) in [6.07, 6.45) is 3.45. The van der Waals surface area contributed by atoms with Gasteiger partial charge in [0.15, 0.2) is 0 Å². The van der Waals surface area contributed by atoms with Gasteiger partial charge in [-0.2, -0.15) is 5.10 Å². The summed E-state index contributed by atoms with van der Waals surface area (Å²) in [6, 6.07) is 5.99. The second-order valence-corrected chi connectivity index (χ2v) is 3.83. The number of halogens is 1. The summed E-state index contributed by atoms with van der Waals surface area (Å²) in [5.41, 5.74) is 2.35. The summed E-state index contributed by atoms with van der Waals surface area (Å²) < 4.78 is 15.1. The Labute approximate surface area is 109 Å². The van der Waals surface area contributed by atoms with Crippen LogP contribution in [0.4, 0.5) is 10.1 Å². The molecule has 0 spiro atoms. The summed E-state index contributed by atoms with van der Waals surface area (Å²) in [4.78, 5) is 11.9. The van der Waals surface area contributed by atoms with E-state index in [0.717, 1.165) is 0 Å². The highest BCUT2D eigenvalue weighted by atomic mass is 19.1. The highest BCUT2D eigenvalue weighted by Crippen LogP contribution is 2.18. The molecule has 0 aliphatic heterocycles. The van der Waals surface area contributed by atoms with Crippen molar-refractivity contribution in [3.63, 3.8) is 0 Å². The number of benzene rings is 1. The minimum absolute atomic E-state index is 0.0147. The summed E-state index contributed by atoms with van der Waals surface area (Å²) in [5, 5.41) is 6.68. The molecule has 7 heteroatoms. The molecule has 0 unspecified atom stereocenters. The van der Waals surface area contributed by atoms with Crippen molar-refractivity contribution in [1.82, 2.24) is 15.1 Å². The zero-order valence-corrected chi connectivity index (χ0v) is 10.1. The molecule has 6 nitrogen and oxygen atoms in total. The smallest absolute Gasteiger partial charge is 0.253 e. The number of hydrazine groups is 1. The van der Waals surface area contributed by atoms with E-state index in [4.69, 9.17) is 5.84 Å². The van der Waals surface area contributed by atoms with E-state index in [2.05, 4.69) is 15.8 Å². The van der Waals surface area contributed by atoms with E-state index >= 15 is 0 Å². The first-order valence-corrected chi connectivity index (χ1v) is 5.73. The van der Waals surface area contributed by atoms with Crippen LogP contribution >= 0.6 is 0 Å². The van der Waals surface area contributed by atoms with Crippen LogP contribution in [0.25, 0.3) is 0 Å². The molecular formula is C12H14FN5O. The Morgan fingerprint density at radius 1 is 1.42 bits per heavy atom. The fraction of sp³-hybridized carbons (Fsp3) is 0.167. The van der Waals surface area contributed by atoms with E-state index in [0.29, 0.717) is 13.1 Å². The number of para-hydroxylation sites is 1. The Kier molecular flexibility index (Phi) is 4.09. The van der Waals surface area contributed by atoms with E-state index in [1.807, 2.05) is 0 Å². The molecule has 0 saturated heterocycles. The van der Waals surface area contributed by atoms with Crippen molar-refractivity contribution in [3.8, 4) is 0 Å². The normalized spacial score (nSPS) is 10.2. The Hall–Kier alpha value is -2.41. The molecule has 0 saturated carbocycles. The number of amides is 1. The van der Waals surface area contributed by atoms with Gasteiger partial charge in [-0.3, -0.25) is 15.3 Å². The maximum absolute atomic E-state index is 13.4. The van der Waals surface area contributed by atoms with Gasteiger partial charge in [0, 0.05) is 18.9 Å². The molecule has 19 heavy (non-hydrogen) atoms. The predicted octanol–water partition coefficient (Wildman–Crippen LogP) is 0.738. The molecule has 0 fully saturated rings. The number of hydrogen-bond acceptors (Lipinski definition) is 4. The summed E-state index contributed by atoms with van der Waals surface area (Å²) in [5.74, 6) is 4.25. The highest BCUT2D eigenvalue weighted by Gasteiger charge is 2.13. The summed E-state index contributed by atoms with van der Waals surface area (Å²) in [6.45, 7) is 0.931. The number of rotatable bonds is 5. The van der Waals surface area contributed by atoms with Gasteiger partial charge in [-0.25, -0.2) is 4.39 Å². The van der Waals surface area contributed by atoms with Crippen LogP contribution in [0.15, 0.2) is 36.7 Å². The SMILES string of the molecule is NNc1c(F)cccc1C(=O)NCCn1cccn1. The highest BCUT2D eigenvalue weighted by molar-refractivity contribution is 5.99. The van der Waals surface area contributed by atoms with Gasteiger partial charge in [-0.1, -0.05) is 6.07 Å². The summed E-state index contributed by atoms with van der Waals surface area (Å²) >= 11 is 0. The lowest BCUT2D eigenvalue weighted by atomic mass is 10.1. The molecule has 1 amide bonds. The van der Waals surface area contributed by atoms with Crippen molar-refractivity contribution >= 4 is 11.6 Å². The maximum Gasteiger partial charge on any atom is 0.253 e. The van der Waals surface area contributed by atoms with Crippen molar-refractivity contribution in [1.29, 1.82) is 0 Å². The average Bonchev–Trinajstić information content (AvgIpc) is 2.91. The van der Waals surface area contributed by atoms with Gasteiger partial charge >= 0.3 is 0 Å². The molecule has 1 aromatic heterocycles. The van der Waals surface area contributed by atoms with Crippen LogP contribution in [-0.2, 0) is 6.54 Å². The number of nitrogens with zero attached hydrogens (tertiary/aromatic N) is 2. The number of aromatic nitrogens is 2. The molecule has 4 N–H and O–H groups in total. The van der Waals surface area contributed by atoms with E-state index in [9.17, 15) is 9.18 Å². The fourth-order valence-corrected chi connectivity index (χ4v) is 1.67. The zero-order valence-electron chi connectivity index (χ0n) is 10.1. The third-order valence-corrected chi connectivity index (χ3v) is 2.59. The van der Waals surface area contributed by atoms with Gasteiger partial charge < -0.3 is 10.7 Å². The minimum atomic E-state index is -0.567. The van der Waals surface area contributed by atoms with E-state index in [-0.39, 0.29) is 17.2 Å². The molecule has 0 aliphatic carbocycles. The molecule has 100 valence electrons. The lowest BCUT2D eigenvalue weighted by Gasteiger charge is -2.10. The number of carbonyl (C=O) groups excluding carboxylic acids is 1. The fourth-order valence-electron chi connectivity index (χ4n) is 1.67. The van der Waals surface area contributed by atoms with Gasteiger partial charge in [0.2, 0.25) is 0 Å². The molecule has 0 bridgehead atoms. The molecule has 1 heterocycles. The van der Waals surface area contributed by atoms with Gasteiger partial charge in [0.25, 0.3) is 5.91 Å². The van der Waals surface area contributed by atoms with Crippen LogP contribution in [0.2, 0.25) is 0 Å². The Morgan fingerprint density at radius 3 is 2.95 bits per heavy atom. The lowest BCUT2D eigenvalue weighted by Crippen LogP contribution is -2.28.